The highest BCUT2D eigenvalue weighted by molar-refractivity contribution is 7.92. The van der Waals surface area contributed by atoms with Gasteiger partial charge in [-0.1, -0.05) is 70.0 Å². The van der Waals surface area contributed by atoms with Crippen LogP contribution >= 0.6 is 11.6 Å². The molecule has 0 bridgehead atoms. The van der Waals surface area contributed by atoms with Gasteiger partial charge in [-0.3, -0.25) is 13.9 Å². The maximum Gasteiger partial charge on any atom is 0.244 e. The van der Waals surface area contributed by atoms with E-state index in [9.17, 15) is 18.0 Å². The van der Waals surface area contributed by atoms with Gasteiger partial charge in [0.25, 0.3) is 0 Å². The Hall–Kier alpha value is -2.58. The van der Waals surface area contributed by atoms with E-state index < -0.39 is 28.5 Å². The molecular weight excluding hydrogens is 498 g/mol. The van der Waals surface area contributed by atoms with Gasteiger partial charge < -0.3 is 10.2 Å². The Morgan fingerprint density at radius 1 is 1.03 bits per heavy atom. The monoisotopic (exact) mass is 535 g/mol. The molecule has 0 fully saturated rings. The summed E-state index contributed by atoms with van der Waals surface area (Å²) in [5.74, 6) is -0.764. The molecule has 36 heavy (non-hydrogen) atoms. The summed E-state index contributed by atoms with van der Waals surface area (Å²) in [5, 5.41) is 3.42. The summed E-state index contributed by atoms with van der Waals surface area (Å²) in [6.07, 6.45) is 2.83. The summed E-state index contributed by atoms with van der Waals surface area (Å²) >= 11 is 6.00. The summed E-state index contributed by atoms with van der Waals surface area (Å²) in [4.78, 5) is 27.8. The van der Waals surface area contributed by atoms with Crippen LogP contribution in [0.3, 0.4) is 0 Å². The quantitative estimate of drug-likeness (QED) is 0.421. The Labute approximate surface area is 220 Å². The van der Waals surface area contributed by atoms with Gasteiger partial charge in [0, 0.05) is 18.1 Å². The highest BCUT2D eigenvalue weighted by Crippen LogP contribution is 2.26. The highest BCUT2D eigenvalue weighted by Gasteiger charge is 2.30. The largest absolute Gasteiger partial charge is 0.354 e. The maximum absolute atomic E-state index is 13.6. The van der Waals surface area contributed by atoms with Crippen LogP contribution in [0.5, 0.6) is 0 Å². The minimum absolute atomic E-state index is 0.0970. The van der Waals surface area contributed by atoms with Gasteiger partial charge >= 0.3 is 0 Å². The third-order valence-corrected chi connectivity index (χ3v) is 7.36. The second kappa shape index (κ2) is 12.6. The summed E-state index contributed by atoms with van der Waals surface area (Å²) in [6, 6.07) is 13.3. The van der Waals surface area contributed by atoms with Gasteiger partial charge in [0.05, 0.1) is 11.9 Å². The minimum atomic E-state index is -3.77. The minimum Gasteiger partial charge on any atom is -0.354 e. The first-order chi connectivity index (χ1) is 16.7. The number of carbonyl (C=O) groups is 2. The molecule has 0 aliphatic carbocycles. The van der Waals surface area contributed by atoms with Gasteiger partial charge in [0.2, 0.25) is 21.8 Å². The van der Waals surface area contributed by atoms with Crippen LogP contribution in [-0.2, 0) is 31.6 Å². The van der Waals surface area contributed by atoms with Gasteiger partial charge in [-0.05, 0) is 54.2 Å². The van der Waals surface area contributed by atoms with Gasteiger partial charge in [-0.15, -0.1) is 0 Å². The zero-order chi connectivity index (χ0) is 27.1. The molecule has 0 saturated carbocycles. The molecule has 2 aromatic rings. The number of halogens is 1. The van der Waals surface area contributed by atoms with Gasteiger partial charge in [0.1, 0.15) is 12.6 Å². The number of unbranched alkanes of at least 4 members (excludes halogenated alkanes) is 1. The molecule has 0 radical (unpaired) electrons. The first-order valence-electron chi connectivity index (χ1n) is 12.1. The molecule has 0 aliphatic heterocycles. The fourth-order valence-electron chi connectivity index (χ4n) is 3.65. The van der Waals surface area contributed by atoms with E-state index in [-0.39, 0.29) is 17.9 Å². The number of benzene rings is 2. The van der Waals surface area contributed by atoms with Gasteiger partial charge in [-0.25, -0.2) is 8.42 Å². The van der Waals surface area contributed by atoms with Crippen LogP contribution in [0.15, 0.2) is 48.5 Å². The molecule has 0 heterocycles. The molecule has 0 saturated heterocycles. The van der Waals surface area contributed by atoms with E-state index in [2.05, 4.69) is 26.1 Å². The molecule has 0 aromatic heterocycles. The first-order valence-corrected chi connectivity index (χ1v) is 14.4. The number of nitrogens with one attached hydrogen (secondary N) is 1. The third kappa shape index (κ3) is 8.52. The zero-order valence-electron chi connectivity index (χ0n) is 22.0. The molecule has 2 amide bonds. The Balaban J connectivity index is 2.35. The lowest BCUT2D eigenvalue weighted by Crippen LogP contribution is -2.51. The van der Waals surface area contributed by atoms with E-state index in [1.165, 1.54) is 4.90 Å². The smallest absolute Gasteiger partial charge is 0.244 e. The van der Waals surface area contributed by atoms with Crippen molar-refractivity contribution in [3.05, 3.63) is 64.7 Å². The van der Waals surface area contributed by atoms with Crippen molar-refractivity contribution in [3.8, 4) is 0 Å². The molecule has 2 rings (SSSR count). The molecule has 0 unspecified atom stereocenters. The fourth-order valence-corrected chi connectivity index (χ4v) is 4.62. The molecule has 7 nitrogen and oxygen atoms in total. The topological polar surface area (TPSA) is 86.8 Å². The van der Waals surface area contributed by atoms with E-state index in [0.29, 0.717) is 17.3 Å². The third-order valence-electron chi connectivity index (χ3n) is 5.96. The number of sulfonamides is 1. The average Bonchev–Trinajstić information content (AvgIpc) is 2.80. The SMILES string of the molecule is CCCCNC(=O)[C@@H](C)N(Cc1ccc(Cl)cc1)C(=O)CN(c1ccc(C(C)(C)C)cc1)S(C)(=O)=O. The summed E-state index contributed by atoms with van der Waals surface area (Å²) in [6.45, 7) is 10.1. The summed E-state index contributed by atoms with van der Waals surface area (Å²) in [5.41, 5.74) is 2.12. The van der Waals surface area contributed by atoms with Crippen LogP contribution in [-0.4, -0.2) is 50.5 Å². The van der Waals surface area contributed by atoms with Crippen LogP contribution in [0.4, 0.5) is 5.69 Å². The number of hydrogen-bond acceptors (Lipinski definition) is 4. The molecule has 2 aromatic carbocycles. The van der Waals surface area contributed by atoms with Crippen molar-refractivity contribution in [1.29, 1.82) is 0 Å². The van der Waals surface area contributed by atoms with Crippen molar-refractivity contribution in [2.45, 2.75) is 65.5 Å². The lowest BCUT2D eigenvalue weighted by Gasteiger charge is -2.31. The highest BCUT2D eigenvalue weighted by atomic mass is 35.5. The Kier molecular flexibility index (Phi) is 10.4. The Bertz CT molecular complexity index is 1130. The Morgan fingerprint density at radius 2 is 1.61 bits per heavy atom. The maximum atomic E-state index is 13.6. The number of carbonyl (C=O) groups excluding carboxylic acids is 2. The molecule has 0 spiro atoms. The summed E-state index contributed by atoms with van der Waals surface area (Å²) < 4.78 is 26.5. The van der Waals surface area contributed by atoms with Gasteiger partial charge in [0.15, 0.2) is 0 Å². The second-order valence-corrected chi connectivity index (χ2v) is 12.4. The van der Waals surface area contributed by atoms with E-state index in [1.54, 1.807) is 43.3 Å². The Morgan fingerprint density at radius 3 is 2.11 bits per heavy atom. The molecule has 0 aliphatic rings. The van der Waals surface area contributed by atoms with Crippen molar-refractivity contribution >= 4 is 39.1 Å². The van der Waals surface area contributed by atoms with Crippen molar-refractivity contribution in [3.63, 3.8) is 0 Å². The number of anilines is 1. The van der Waals surface area contributed by atoms with Gasteiger partial charge in [-0.2, -0.15) is 0 Å². The van der Waals surface area contributed by atoms with Crippen molar-refractivity contribution in [2.75, 3.05) is 23.7 Å². The predicted molar refractivity (Wildman–Crippen MR) is 147 cm³/mol. The molecular formula is C27H38ClN3O4S. The number of hydrogen-bond donors (Lipinski definition) is 1. The molecule has 198 valence electrons. The van der Waals surface area contributed by atoms with Crippen molar-refractivity contribution in [2.24, 2.45) is 0 Å². The second-order valence-electron chi connectivity index (χ2n) is 10.0. The predicted octanol–water partition coefficient (Wildman–Crippen LogP) is 4.74. The van der Waals surface area contributed by atoms with Crippen molar-refractivity contribution in [1.82, 2.24) is 10.2 Å². The summed E-state index contributed by atoms with van der Waals surface area (Å²) in [7, 11) is -3.77. The van der Waals surface area contributed by atoms with Crippen molar-refractivity contribution < 1.29 is 18.0 Å². The van der Waals surface area contributed by atoms with E-state index in [1.807, 2.05) is 19.1 Å². The lowest BCUT2D eigenvalue weighted by molar-refractivity contribution is -0.139. The average molecular weight is 536 g/mol. The molecule has 1 atom stereocenters. The standard InChI is InChI=1S/C27H38ClN3O4S/c1-7-8-17-29-26(33)20(2)30(18-21-9-13-23(28)14-10-21)25(32)19-31(36(6,34)35)24-15-11-22(12-16-24)27(3,4)5/h9-16,20H,7-8,17-19H2,1-6H3,(H,29,33)/t20-/m1/s1. The molecule has 1 N–H and O–H groups in total. The normalized spacial score (nSPS) is 12.6. The van der Waals surface area contributed by atoms with E-state index >= 15 is 0 Å². The zero-order valence-corrected chi connectivity index (χ0v) is 23.6. The molecule has 9 heteroatoms. The van der Waals surface area contributed by atoms with Crippen LogP contribution in [0.2, 0.25) is 5.02 Å². The van der Waals surface area contributed by atoms with Crippen LogP contribution < -0.4 is 9.62 Å². The van der Waals surface area contributed by atoms with Crippen LogP contribution in [0.25, 0.3) is 0 Å². The fraction of sp³-hybridized carbons (Fsp3) is 0.481. The number of nitrogens with zero attached hydrogens (tertiary/aromatic N) is 2. The van der Waals surface area contributed by atoms with Crippen LogP contribution in [0, 0.1) is 0 Å². The number of amides is 2. The first kappa shape index (κ1) is 29.6. The lowest BCUT2D eigenvalue weighted by atomic mass is 9.87. The van der Waals surface area contributed by atoms with E-state index in [4.69, 9.17) is 11.6 Å². The number of rotatable bonds is 11. The van der Waals surface area contributed by atoms with E-state index in [0.717, 1.165) is 34.5 Å². The van der Waals surface area contributed by atoms with Crippen LogP contribution in [0.1, 0.15) is 58.6 Å².